The van der Waals surface area contributed by atoms with E-state index in [1.807, 2.05) is 13.1 Å². The fraction of sp³-hybridized carbons (Fsp3) is 0.600. The lowest BCUT2D eigenvalue weighted by molar-refractivity contribution is 0.811. The first kappa shape index (κ1) is 11.3. The predicted octanol–water partition coefficient (Wildman–Crippen LogP) is 2.58. The second-order valence-electron chi connectivity index (χ2n) is 2.94. The van der Waals surface area contributed by atoms with E-state index in [-0.39, 0.29) is 0 Å². The van der Waals surface area contributed by atoms with Crippen LogP contribution in [-0.4, -0.2) is 22.8 Å². The number of hydrogen-bond donors (Lipinski definition) is 1. The Hall–Kier alpha value is -0.770. The highest BCUT2D eigenvalue weighted by atomic mass is 32.2. The monoisotopic (exact) mass is 211 g/mol. The largest absolute Gasteiger partial charge is 0.373 e. The Labute approximate surface area is 89.7 Å². The summed E-state index contributed by atoms with van der Waals surface area (Å²) in [5, 5.41) is 4.13. The molecule has 0 fully saturated rings. The van der Waals surface area contributed by atoms with Crippen molar-refractivity contribution in [3.8, 4) is 0 Å². The summed E-state index contributed by atoms with van der Waals surface area (Å²) in [4.78, 5) is 8.86. The summed E-state index contributed by atoms with van der Waals surface area (Å²) < 4.78 is 0. The Balaban J connectivity index is 2.88. The fourth-order valence-electron chi connectivity index (χ4n) is 1.16. The van der Waals surface area contributed by atoms with Gasteiger partial charge in [-0.15, -0.1) is 11.8 Å². The van der Waals surface area contributed by atoms with E-state index in [0.29, 0.717) is 0 Å². The zero-order valence-corrected chi connectivity index (χ0v) is 9.82. The fourth-order valence-corrected chi connectivity index (χ4v) is 1.82. The van der Waals surface area contributed by atoms with Gasteiger partial charge in [-0.1, -0.05) is 13.8 Å². The molecule has 1 aromatic rings. The van der Waals surface area contributed by atoms with Crippen LogP contribution in [0.4, 0.5) is 5.82 Å². The van der Waals surface area contributed by atoms with E-state index in [2.05, 4.69) is 29.1 Å². The van der Waals surface area contributed by atoms with Crippen molar-refractivity contribution in [3.63, 3.8) is 0 Å². The maximum Gasteiger partial charge on any atom is 0.132 e. The average Bonchev–Trinajstić information content (AvgIpc) is 2.18. The quantitative estimate of drug-likeness (QED) is 0.600. The molecule has 0 bridgehead atoms. The van der Waals surface area contributed by atoms with Crippen molar-refractivity contribution >= 4 is 17.6 Å². The van der Waals surface area contributed by atoms with Crippen LogP contribution in [0.15, 0.2) is 11.1 Å². The van der Waals surface area contributed by atoms with Gasteiger partial charge in [0.1, 0.15) is 16.7 Å². The Morgan fingerprint density at radius 1 is 1.36 bits per heavy atom. The summed E-state index contributed by atoms with van der Waals surface area (Å²) in [6.07, 6.45) is 2.04. The van der Waals surface area contributed by atoms with E-state index in [1.54, 1.807) is 11.8 Å². The third kappa shape index (κ3) is 3.18. The molecule has 0 saturated heterocycles. The number of nitrogens with zero attached hydrogens (tertiary/aromatic N) is 2. The Morgan fingerprint density at radius 3 is 2.71 bits per heavy atom. The summed E-state index contributed by atoms with van der Waals surface area (Å²) in [7, 11) is 1.89. The summed E-state index contributed by atoms with van der Waals surface area (Å²) >= 11 is 1.75. The van der Waals surface area contributed by atoms with Crippen molar-refractivity contribution in [1.29, 1.82) is 0 Å². The van der Waals surface area contributed by atoms with Crippen LogP contribution in [0, 0.1) is 0 Å². The molecular weight excluding hydrogens is 194 g/mol. The molecule has 4 heteroatoms. The van der Waals surface area contributed by atoms with Crippen LogP contribution < -0.4 is 5.32 Å². The van der Waals surface area contributed by atoms with Gasteiger partial charge in [-0.25, -0.2) is 9.97 Å². The van der Waals surface area contributed by atoms with Crippen molar-refractivity contribution in [2.75, 3.05) is 18.1 Å². The van der Waals surface area contributed by atoms with Gasteiger partial charge >= 0.3 is 0 Å². The Kier molecular flexibility index (Phi) is 4.73. The van der Waals surface area contributed by atoms with Crippen molar-refractivity contribution in [2.24, 2.45) is 0 Å². The van der Waals surface area contributed by atoms with Crippen LogP contribution >= 0.6 is 11.8 Å². The number of anilines is 1. The number of aryl methyl sites for hydroxylation is 1. The highest BCUT2D eigenvalue weighted by molar-refractivity contribution is 7.99. The highest BCUT2D eigenvalue weighted by Crippen LogP contribution is 2.18. The molecule has 78 valence electrons. The van der Waals surface area contributed by atoms with Crippen molar-refractivity contribution < 1.29 is 0 Å². The minimum atomic E-state index is 0.916. The van der Waals surface area contributed by atoms with Crippen LogP contribution in [0.1, 0.15) is 26.1 Å². The molecule has 0 spiro atoms. The van der Waals surface area contributed by atoms with Crippen LogP contribution in [-0.2, 0) is 6.42 Å². The molecule has 1 N–H and O–H groups in total. The molecule has 0 atom stereocenters. The number of hydrogen-bond acceptors (Lipinski definition) is 4. The van der Waals surface area contributed by atoms with E-state index in [1.165, 1.54) is 0 Å². The number of aromatic nitrogens is 2. The molecule has 1 rings (SSSR count). The maximum absolute atomic E-state index is 4.47. The minimum absolute atomic E-state index is 0.916. The van der Waals surface area contributed by atoms with Crippen LogP contribution in [0.25, 0.3) is 0 Å². The first-order valence-corrected chi connectivity index (χ1v) is 5.97. The van der Waals surface area contributed by atoms with E-state index in [9.17, 15) is 0 Å². The molecule has 1 aromatic heterocycles. The lowest BCUT2D eigenvalue weighted by atomic mass is 10.3. The van der Waals surface area contributed by atoms with Gasteiger partial charge in [0.05, 0.1) is 0 Å². The predicted molar refractivity (Wildman–Crippen MR) is 62.0 cm³/mol. The number of rotatable bonds is 5. The second kappa shape index (κ2) is 5.86. The Morgan fingerprint density at radius 2 is 2.14 bits per heavy atom. The zero-order valence-electron chi connectivity index (χ0n) is 9.00. The molecule has 0 aromatic carbocycles. The summed E-state index contributed by atoms with van der Waals surface area (Å²) in [6, 6.07) is 1.99. The third-order valence-electron chi connectivity index (χ3n) is 1.77. The average molecular weight is 211 g/mol. The van der Waals surface area contributed by atoms with E-state index in [0.717, 1.165) is 35.3 Å². The van der Waals surface area contributed by atoms with Gasteiger partial charge in [-0.05, 0) is 12.2 Å². The minimum Gasteiger partial charge on any atom is -0.373 e. The zero-order chi connectivity index (χ0) is 10.4. The summed E-state index contributed by atoms with van der Waals surface area (Å²) in [5.74, 6) is 2.90. The third-order valence-corrected chi connectivity index (χ3v) is 2.56. The highest BCUT2D eigenvalue weighted by Gasteiger charge is 2.02. The molecule has 14 heavy (non-hydrogen) atoms. The standard InChI is InChI=1S/C10H17N3S/c1-4-6-8-12-9(11-3)7-10(13-8)14-5-2/h7H,4-6H2,1-3H3,(H,11,12,13). The second-order valence-corrected chi connectivity index (χ2v) is 4.22. The van der Waals surface area contributed by atoms with Crippen molar-refractivity contribution in [3.05, 3.63) is 11.9 Å². The van der Waals surface area contributed by atoms with Gasteiger partial charge in [0.25, 0.3) is 0 Å². The smallest absolute Gasteiger partial charge is 0.132 e. The van der Waals surface area contributed by atoms with E-state index < -0.39 is 0 Å². The molecule has 1 heterocycles. The van der Waals surface area contributed by atoms with Gasteiger partial charge in [-0.2, -0.15) is 0 Å². The van der Waals surface area contributed by atoms with Gasteiger partial charge in [-0.3, -0.25) is 0 Å². The molecule has 0 aliphatic rings. The summed E-state index contributed by atoms with van der Waals surface area (Å²) in [5.41, 5.74) is 0. The summed E-state index contributed by atoms with van der Waals surface area (Å²) in [6.45, 7) is 4.27. The normalized spacial score (nSPS) is 10.2. The lowest BCUT2D eigenvalue weighted by Gasteiger charge is -2.05. The molecule has 0 amide bonds. The van der Waals surface area contributed by atoms with Gasteiger partial charge in [0, 0.05) is 19.5 Å². The van der Waals surface area contributed by atoms with Gasteiger partial charge < -0.3 is 5.32 Å². The van der Waals surface area contributed by atoms with Crippen LogP contribution in [0.3, 0.4) is 0 Å². The van der Waals surface area contributed by atoms with Gasteiger partial charge in [0.15, 0.2) is 0 Å². The topological polar surface area (TPSA) is 37.8 Å². The lowest BCUT2D eigenvalue weighted by Crippen LogP contribution is -2.01. The Bertz CT molecular complexity index is 264. The van der Waals surface area contributed by atoms with Crippen molar-refractivity contribution in [1.82, 2.24) is 9.97 Å². The number of thioether (sulfide) groups is 1. The number of nitrogens with one attached hydrogen (secondary N) is 1. The van der Waals surface area contributed by atoms with Crippen LogP contribution in [0.2, 0.25) is 0 Å². The van der Waals surface area contributed by atoms with Crippen molar-refractivity contribution in [2.45, 2.75) is 31.7 Å². The van der Waals surface area contributed by atoms with Crippen LogP contribution in [0.5, 0.6) is 0 Å². The van der Waals surface area contributed by atoms with E-state index >= 15 is 0 Å². The van der Waals surface area contributed by atoms with Gasteiger partial charge in [0.2, 0.25) is 0 Å². The SMILES string of the molecule is CCCc1nc(NC)cc(SCC)n1. The molecular formula is C10H17N3S. The van der Waals surface area contributed by atoms with E-state index in [4.69, 9.17) is 0 Å². The molecule has 0 aliphatic heterocycles. The molecule has 0 radical (unpaired) electrons. The molecule has 0 unspecified atom stereocenters. The molecule has 3 nitrogen and oxygen atoms in total. The maximum atomic E-state index is 4.47. The molecule has 0 saturated carbocycles. The first-order valence-electron chi connectivity index (χ1n) is 4.98. The molecule has 0 aliphatic carbocycles. The first-order chi connectivity index (χ1) is 6.80.